The predicted octanol–water partition coefficient (Wildman–Crippen LogP) is 4.82. The number of esters is 1. The monoisotopic (exact) mass is 592 g/mol. The Labute approximate surface area is 251 Å². The van der Waals surface area contributed by atoms with Crippen molar-refractivity contribution >= 4 is 24.1 Å². The van der Waals surface area contributed by atoms with Gasteiger partial charge in [0.25, 0.3) is 0 Å². The molecule has 2 aromatic rings. The number of benzene rings is 2. The Hall–Kier alpha value is -4.08. The second-order valence-electron chi connectivity index (χ2n) is 12.5. The fraction of sp³-hybridized carbons (Fsp3) is 0.515. The Morgan fingerprint density at radius 1 is 0.744 bits per heavy atom. The minimum Gasteiger partial charge on any atom is -0.481 e. The molecule has 10 heteroatoms. The SMILES string of the molecule is COC(=O)C12C[C@@H](C)C1CN(C(=O)OCc1ccccc1)C2.C[C@@H]1CC2(C(=O)O)CN(C(=O)OCc3ccccc3)CC12. The molecule has 0 aromatic heterocycles. The lowest BCUT2D eigenvalue weighted by atomic mass is 9.56. The van der Waals surface area contributed by atoms with Crippen LogP contribution in [0.4, 0.5) is 9.59 Å². The normalized spacial score (nSPS) is 29.9. The molecule has 4 aliphatic rings. The van der Waals surface area contributed by atoms with Crippen molar-refractivity contribution in [3.63, 3.8) is 0 Å². The Morgan fingerprint density at radius 3 is 1.56 bits per heavy atom. The zero-order chi connectivity index (χ0) is 30.8. The molecule has 4 unspecified atom stereocenters. The van der Waals surface area contributed by atoms with Crippen molar-refractivity contribution in [2.24, 2.45) is 34.5 Å². The molecule has 10 nitrogen and oxygen atoms in total. The quantitative estimate of drug-likeness (QED) is 0.374. The van der Waals surface area contributed by atoms with Gasteiger partial charge < -0.3 is 29.1 Å². The minimum atomic E-state index is -0.788. The number of aliphatic carboxylic acids is 1. The molecule has 2 saturated carbocycles. The van der Waals surface area contributed by atoms with Gasteiger partial charge in [-0.3, -0.25) is 9.59 Å². The number of likely N-dealkylation sites (tertiary alicyclic amines) is 2. The molecule has 4 fully saturated rings. The van der Waals surface area contributed by atoms with Crippen molar-refractivity contribution in [2.75, 3.05) is 33.3 Å². The molecular formula is C33H40N2O8. The van der Waals surface area contributed by atoms with E-state index in [0.29, 0.717) is 37.9 Å². The van der Waals surface area contributed by atoms with E-state index in [0.717, 1.165) is 17.5 Å². The smallest absolute Gasteiger partial charge is 0.410 e. The highest BCUT2D eigenvalue weighted by molar-refractivity contribution is 5.81. The van der Waals surface area contributed by atoms with E-state index in [4.69, 9.17) is 14.2 Å². The number of methoxy groups -OCH3 is 1. The van der Waals surface area contributed by atoms with Gasteiger partial charge in [-0.15, -0.1) is 0 Å². The van der Waals surface area contributed by atoms with Crippen LogP contribution in [0.25, 0.3) is 0 Å². The van der Waals surface area contributed by atoms with Crippen molar-refractivity contribution in [3.05, 3.63) is 71.8 Å². The average Bonchev–Trinajstić information content (AvgIpc) is 3.52. The van der Waals surface area contributed by atoms with Crippen LogP contribution in [0, 0.1) is 34.5 Å². The molecule has 2 heterocycles. The topological polar surface area (TPSA) is 123 Å². The Kier molecular flexibility index (Phi) is 8.66. The van der Waals surface area contributed by atoms with Crippen molar-refractivity contribution in [1.82, 2.24) is 9.80 Å². The van der Waals surface area contributed by atoms with Gasteiger partial charge in [0.2, 0.25) is 0 Å². The molecule has 0 spiro atoms. The van der Waals surface area contributed by atoms with Crippen molar-refractivity contribution in [2.45, 2.75) is 39.9 Å². The standard InChI is InChI=1S/C17H21NO4.C16H19NO4/c1-12-8-17(15(19)21-2)11-18(9-14(12)17)16(20)22-10-13-6-4-3-5-7-13;1-11-7-16(14(18)19)10-17(8-13(11)16)15(20)21-9-12-5-3-2-4-6-12/h3-7,12,14H,8-11H2,1-2H3;2-6,11,13H,7-10H2,1H3,(H,18,19)/t12-,14?,17?;11-,13?,16?/m11/s1. The van der Waals surface area contributed by atoms with E-state index in [1.807, 2.05) is 67.6 Å². The van der Waals surface area contributed by atoms with E-state index >= 15 is 0 Å². The first kappa shape index (κ1) is 30.4. The molecule has 0 radical (unpaired) electrons. The third kappa shape index (κ3) is 5.79. The molecule has 2 amide bonds. The van der Waals surface area contributed by atoms with Crippen molar-refractivity contribution < 1.29 is 38.5 Å². The third-order valence-electron chi connectivity index (χ3n) is 9.89. The summed E-state index contributed by atoms with van der Waals surface area (Å²) in [4.78, 5) is 51.2. The van der Waals surface area contributed by atoms with E-state index in [1.54, 1.807) is 9.80 Å². The Bertz CT molecular complexity index is 1340. The fourth-order valence-electron chi connectivity index (χ4n) is 7.58. The largest absolute Gasteiger partial charge is 0.481 e. The van der Waals surface area contributed by atoms with E-state index in [-0.39, 0.29) is 43.7 Å². The lowest BCUT2D eigenvalue weighted by Crippen LogP contribution is -2.52. The second-order valence-corrected chi connectivity index (χ2v) is 12.5. The van der Waals surface area contributed by atoms with Gasteiger partial charge in [0.05, 0.1) is 17.9 Å². The molecule has 6 rings (SSSR count). The minimum absolute atomic E-state index is 0.0549. The van der Waals surface area contributed by atoms with Gasteiger partial charge >= 0.3 is 24.1 Å². The number of hydrogen-bond donors (Lipinski definition) is 1. The summed E-state index contributed by atoms with van der Waals surface area (Å²) in [7, 11) is 1.41. The summed E-state index contributed by atoms with van der Waals surface area (Å²) in [5.41, 5.74) is 0.619. The lowest BCUT2D eigenvalue weighted by Gasteiger charge is -2.46. The molecule has 2 aliphatic carbocycles. The van der Waals surface area contributed by atoms with E-state index < -0.39 is 22.9 Å². The predicted molar refractivity (Wildman–Crippen MR) is 155 cm³/mol. The number of fused-ring (bicyclic) bond motifs is 2. The van der Waals surface area contributed by atoms with Crippen LogP contribution in [0.1, 0.15) is 37.8 Å². The van der Waals surface area contributed by atoms with E-state index in [1.165, 1.54) is 7.11 Å². The van der Waals surface area contributed by atoms with Crippen LogP contribution in [0.2, 0.25) is 0 Å². The molecule has 43 heavy (non-hydrogen) atoms. The van der Waals surface area contributed by atoms with Crippen LogP contribution >= 0.6 is 0 Å². The molecule has 6 atom stereocenters. The van der Waals surface area contributed by atoms with Crippen molar-refractivity contribution in [1.29, 1.82) is 0 Å². The van der Waals surface area contributed by atoms with Crippen molar-refractivity contribution in [3.8, 4) is 0 Å². The highest BCUT2D eigenvalue weighted by atomic mass is 16.6. The summed E-state index contributed by atoms with van der Waals surface area (Å²) in [5.74, 6) is 0.0421. The first-order valence-electron chi connectivity index (χ1n) is 14.8. The molecule has 0 bridgehead atoms. The van der Waals surface area contributed by atoms with Gasteiger partial charge in [-0.25, -0.2) is 9.59 Å². The van der Waals surface area contributed by atoms with Crippen LogP contribution < -0.4 is 0 Å². The van der Waals surface area contributed by atoms with Gasteiger partial charge in [-0.05, 0) is 47.6 Å². The maximum absolute atomic E-state index is 12.2. The Morgan fingerprint density at radius 2 is 1.16 bits per heavy atom. The average molecular weight is 593 g/mol. The molecule has 2 aromatic carbocycles. The summed E-state index contributed by atoms with van der Waals surface area (Å²) in [6.45, 7) is 6.37. The number of nitrogens with zero attached hydrogens (tertiary/aromatic N) is 2. The summed E-state index contributed by atoms with van der Waals surface area (Å²) in [6.07, 6.45) is 0.664. The number of amides is 2. The number of carbonyl (C=O) groups is 4. The second kappa shape index (κ2) is 12.3. The van der Waals surface area contributed by atoms with Crippen LogP contribution in [0.15, 0.2) is 60.7 Å². The van der Waals surface area contributed by atoms with Crippen LogP contribution in [-0.4, -0.2) is 72.3 Å². The summed E-state index contributed by atoms with van der Waals surface area (Å²) in [5, 5.41) is 9.44. The number of carboxylic acids is 1. The third-order valence-corrected chi connectivity index (χ3v) is 9.89. The molecule has 1 N–H and O–H groups in total. The number of carboxylic acid groups (broad SMARTS) is 1. The fourth-order valence-corrected chi connectivity index (χ4v) is 7.58. The molecular weight excluding hydrogens is 552 g/mol. The zero-order valence-corrected chi connectivity index (χ0v) is 24.9. The van der Waals surface area contributed by atoms with Gasteiger partial charge in [0.1, 0.15) is 13.2 Å². The first-order valence-corrected chi connectivity index (χ1v) is 14.8. The highest BCUT2D eigenvalue weighted by Gasteiger charge is 2.64. The van der Waals surface area contributed by atoms with Crippen LogP contribution in [0.5, 0.6) is 0 Å². The highest BCUT2D eigenvalue weighted by Crippen LogP contribution is 2.57. The van der Waals surface area contributed by atoms with Gasteiger partial charge in [-0.2, -0.15) is 0 Å². The van der Waals surface area contributed by atoms with Gasteiger partial charge in [-0.1, -0.05) is 74.5 Å². The zero-order valence-electron chi connectivity index (χ0n) is 24.9. The first-order chi connectivity index (χ1) is 20.6. The maximum atomic E-state index is 12.2. The van der Waals surface area contributed by atoms with Crippen LogP contribution in [0.3, 0.4) is 0 Å². The lowest BCUT2D eigenvalue weighted by molar-refractivity contribution is -0.165. The maximum Gasteiger partial charge on any atom is 0.410 e. The molecule has 230 valence electrons. The number of ether oxygens (including phenoxy) is 3. The molecule has 2 aliphatic heterocycles. The summed E-state index contributed by atoms with van der Waals surface area (Å²) < 4.78 is 15.6. The van der Waals surface area contributed by atoms with Gasteiger partial charge in [0, 0.05) is 26.2 Å². The van der Waals surface area contributed by atoms with Gasteiger partial charge in [0.15, 0.2) is 0 Å². The number of hydrogen-bond acceptors (Lipinski definition) is 7. The number of rotatable bonds is 6. The van der Waals surface area contributed by atoms with E-state index in [9.17, 15) is 24.3 Å². The summed E-state index contributed by atoms with van der Waals surface area (Å²) in [6, 6.07) is 19.0. The van der Waals surface area contributed by atoms with Crippen LogP contribution in [-0.2, 0) is 37.0 Å². The van der Waals surface area contributed by atoms with E-state index in [2.05, 4.69) is 6.92 Å². The Balaban J connectivity index is 0.000000171. The molecule has 2 saturated heterocycles. The summed E-state index contributed by atoms with van der Waals surface area (Å²) >= 11 is 0. The number of carbonyl (C=O) groups excluding carboxylic acids is 3.